The molecule has 6 heteroatoms. The van der Waals surface area contributed by atoms with Crippen molar-refractivity contribution in [2.75, 3.05) is 31.6 Å². The molecule has 0 saturated carbocycles. The van der Waals surface area contributed by atoms with Gasteiger partial charge in [-0.15, -0.1) is 11.3 Å². The molecule has 0 aromatic carbocycles. The van der Waals surface area contributed by atoms with E-state index in [1.54, 1.807) is 18.4 Å². The van der Waals surface area contributed by atoms with Crippen LogP contribution in [0.2, 0.25) is 0 Å². The Kier molecular flexibility index (Phi) is 4.24. The van der Waals surface area contributed by atoms with Crippen LogP contribution in [0.3, 0.4) is 0 Å². The zero-order valence-electron chi connectivity index (χ0n) is 12.1. The van der Waals surface area contributed by atoms with Crippen LogP contribution in [0.4, 0.5) is 5.82 Å². The highest BCUT2D eigenvalue weighted by atomic mass is 32.1. The van der Waals surface area contributed by atoms with Crippen molar-refractivity contribution in [3.63, 3.8) is 0 Å². The lowest BCUT2D eigenvalue weighted by molar-refractivity contribution is 0.0891. The van der Waals surface area contributed by atoms with Gasteiger partial charge in [0.05, 0.1) is 11.8 Å². The first kappa shape index (κ1) is 13.9. The van der Waals surface area contributed by atoms with Crippen LogP contribution in [-0.2, 0) is 11.3 Å². The van der Waals surface area contributed by atoms with Crippen LogP contribution < -0.4 is 10.2 Å². The van der Waals surface area contributed by atoms with Crippen molar-refractivity contribution in [3.8, 4) is 0 Å². The van der Waals surface area contributed by atoms with Crippen molar-refractivity contribution in [2.45, 2.75) is 32.4 Å². The molecule has 1 atom stereocenters. The van der Waals surface area contributed by atoms with Crippen LogP contribution in [-0.4, -0.2) is 42.2 Å². The number of nitrogens with zero attached hydrogens (tertiary/aromatic N) is 3. The molecule has 3 heterocycles. The Morgan fingerprint density at radius 2 is 2.45 bits per heavy atom. The van der Waals surface area contributed by atoms with Gasteiger partial charge in [-0.2, -0.15) is 0 Å². The Morgan fingerprint density at radius 3 is 3.25 bits per heavy atom. The number of imidazole rings is 1. The van der Waals surface area contributed by atoms with Crippen molar-refractivity contribution >= 4 is 22.1 Å². The van der Waals surface area contributed by atoms with Gasteiger partial charge in [0.15, 0.2) is 10.8 Å². The van der Waals surface area contributed by atoms with Crippen LogP contribution >= 0.6 is 11.3 Å². The van der Waals surface area contributed by atoms with Gasteiger partial charge in [-0.3, -0.25) is 4.40 Å². The van der Waals surface area contributed by atoms with Gasteiger partial charge in [0.25, 0.3) is 0 Å². The third kappa shape index (κ3) is 2.55. The molecule has 20 heavy (non-hydrogen) atoms. The van der Waals surface area contributed by atoms with E-state index in [-0.39, 0.29) is 0 Å². The maximum absolute atomic E-state index is 5.53. The first-order chi connectivity index (χ1) is 9.83. The molecule has 1 aliphatic rings. The van der Waals surface area contributed by atoms with Crippen molar-refractivity contribution in [2.24, 2.45) is 0 Å². The van der Waals surface area contributed by atoms with Crippen LogP contribution in [0.5, 0.6) is 0 Å². The normalized spacial score (nSPS) is 19.9. The number of fused-ring (bicyclic) bond motifs is 1. The summed E-state index contributed by atoms with van der Waals surface area (Å²) in [5.41, 5.74) is 1.26. The van der Waals surface area contributed by atoms with Crippen molar-refractivity contribution in [1.29, 1.82) is 0 Å². The van der Waals surface area contributed by atoms with Crippen LogP contribution in [0.15, 0.2) is 11.6 Å². The molecule has 1 N–H and O–H groups in total. The van der Waals surface area contributed by atoms with Gasteiger partial charge in [0, 0.05) is 38.3 Å². The van der Waals surface area contributed by atoms with Crippen LogP contribution in [0.25, 0.3) is 4.96 Å². The number of methoxy groups -OCH3 is 1. The predicted octanol–water partition coefficient (Wildman–Crippen LogP) is 2.12. The fourth-order valence-electron chi connectivity index (χ4n) is 2.81. The number of piperidine rings is 1. The monoisotopic (exact) mass is 294 g/mol. The quantitative estimate of drug-likeness (QED) is 0.917. The lowest BCUT2D eigenvalue weighted by atomic mass is 10.1. The van der Waals surface area contributed by atoms with Gasteiger partial charge in [-0.05, 0) is 19.4 Å². The van der Waals surface area contributed by atoms with Gasteiger partial charge in [-0.25, -0.2) is 4.98 Å². The second-order valence-corrected chi connectivity index (χ2v) is 6.04. The van der Waals surface area contributed by atoms with E-state index in [0.717, 1.165) is 43.4 Å². The fourth-order valence-corrected chi connectivity index (χ4v) is 3.53. The molecule has 1 aliphatic heterocycles. The molecule has 0 amide bonds. The number of rotatable bonds is 5. The Labute approximate surface area is 123 Å². The minimum absolute atomic E-state index is 0.329. The minimum Gasteiger partial charge on any atom is -0.380 e. The van der Waals surface area contributed by atoms with Crippen LogP contribution in [0, 0.1) is 0 Å². The SMILES string of the molecule is CCNCc1c(N2CCCC(OC)C2)nc2sccn12. The molecule has 5 nitrogen and oxygen atoms in total. The van der Waals surface area contributed by atoms with Gasteiger partial charge in [0.1, 0.15) is 0 Å². The Morgan fingerprint density at radius 1 is 1.55 bits per heavy atom. The average molecular weight is 294 g/mol. The molecule has 0 aliphatic carbocycles. The average Bonchev–Trinajstić information content (AvgIpc) is 3.06. The van der Waals surface area contributed by atoms with E-state index in [1.807, 2.05) is 0 Å². The number of hydrogen-bond donors (Lipinski definition) is 1. The largest absolute Gasteiger partial charge is 0.380 e. The molecule has 1 saturated heterocycles. The van der Waals surface area contributed by atoms with E-state index in [9.17, 15) is 0 Å². The van der Waals surface area contributed by atoms with Gasteiger partial charge in [-0.1, -0.05) is 6.92 Å². The van der Waals surface area contributed by atoms with Gasteiger partial charge < -0.3 is 15.0 Å². The molecular weight excluding hydrogens is 272 g/mol. The molecule has 1 fully saturated rings. The number of hydrogen-bond acceptors (Lipinski definition) is 5. The van der Waals surface area contributed by atoms with E-state index < -0.39 is 0 Å². The fraction of sp³-hybridized carbons (Fsp3) is 0.643. The van der Waals surface area contributed by atoms with E-state index in [1.165, 1.54) is 12.1 Å². The van der Waals surface area contributed by atoms with E-state index in [0.29, 0.717) is 6.10 Å². The summed E-state index contributed by atoms with van der Waals surface area (Å²) in [6, 6.07) is 0. The third-order valence-electron chi connectivity index (χ3n) is 3.89. The molecule has 110 valence electrons. The maximum atomic E-state index is 5.53. The summed E-state index contributed by atoms with van der Waals surface area (Å²) in [6.45, 7) is 5.98. The smallest absolute Gasteiger partial charge is 0.195 e. The number of nitrogens with one attached hydrogen (secondary N) is 1. The lowest BCUT2D eigenvalue weighted by Crippen LogP contribution is -2.40. The van der Waals surface area contributed by atoms with Gasteiger partial charge >= 0.3 is 0 Å². The molecule has 2 aromatic heterocycles. The number of thiazole rings is 1. The zero-order valence-corrected chi connectivity index (χ0v) is 12.9. The van der Waals surface area contributed by atoms with Gasteiger partial charge in [0.2, 0.25) is 0 Å². The molecule has 3 rings (SSSR count). The minimum atomic E-state index is 0.329. The highest BCUT2D eigenvalue weighted by Gasteiger charge is 2.24. The lowest BCUT2D eigenvalue weighted by Gasteiger charge is -2.32. The highest BCUT2D eigenvalue weighted by molar-refractivity contribution is 7.15. The molecular formula is C14H22N4OS. The zero-order chi connectivity index (χ0) is 13.9. The topological polar surface area (TPSA) is 41.8 Å². The van der Waals surface area contributed by atoms with E-state index >= 15 is 0 Å². The van der Waals surface area contributed by atoms with Crippen LogP contribution in [0.1, 0.15) is 25.5 Å². The molecule has 0 spiro atoms. The highest BCUT2D eigenvalue weighted by Crippen LogP contribution is 2.27. The molecule has 0 radical (unpaired) electrons. The summed E-state index contributed by atoms with van der Waals surface area (Å²) in [4.78, 5) is 8.29. The number of ether oxygens (including phenoxy) is 1. The second kappa shape index (κ2) is 6.11. The standard InChI is InChI=1S/C14H22N4OS/c1-3-15-9-12-13(16-14-18(12)7-8-20-14)17-6-4-5-11(10-17)19-2/h7-8,11,15H,3-6,9-10H2,1-2H3. The number of anilines is 1. The summed E-state index contributed by atoms with van der Waals surface area (Å²) in [5, 5.41) is 5.52. The Balaban J connectivity index is 1.90. The molecule has 0 bridgehead atoms. The predicted molar refractivity (Wildman–Crippen MR) is 82.7 cm³/mol. The van der Waals surface area contributed by atoms with Crippen molar-refractivity contribution in [3.05, 3.63) is 17.3 Å². The van der Waals surface area contributed by atoms with E-state index in [4.69, 9.17) is 9.72 Å². The summed E-state index contributed by atoms with van der Waals surface area (Å²) in [6.07, 6.45) is 4.76. The summed E-state index contributed by atoms with van der Waals surface area (Å²) in [5.74, 6) is 1.12. The molecule has 1 unspecified atom stereocenters. The van der Waals surface area contributed by atoms with E-state index in [2.05, 4.69) is 33.1 Å². The summed E-state index contributed by atoms with van der Waals surface area (Å²) >= 11 is 1.69. The molecule has 2 aromatic rings. The first-order valence-corrected chi connectivity index (χ1v) is 8.14. The summed E-state index contributed by atoms with van der Waals surface area (Å²) in [7, 11) is 1.81. The summed E-state index contributed by atoms with van der Waals surface area (Å²) < 4.78 is 7.74. The third-order valence-corrected chi connectivity index (χ3v) is 4.65. The Bertz CT molecular complexity index is 565. The second-order valence-electron chi connectivity index (χ2n) is 5.16. The number of aromatic nitrogens is 2. The van der Waals surface area contributed by atoms with Crippen molar-refractivity contribution < 1.29 is 4.74 Å². The first-order valence-electron chi connectivity index (χ1n) is 7.26. The maximum Gasteiger partial charge on any atom is 0.195 e. The van der Waals surface area contributed by atoms with Crippen molar-refractivity contribution in [1.82, 2.24) is 14.7 Å². The Hall–Kier alpha value is -1.11.